The molecular formula is C18H19N3O2S. The average Bonchev–Trinajstić information content (AvgIpc) is 3.04. The molecule has 0 fully saturated rings. The van der Waals surface area contributed by atoms with Crippen LogP contribution in [0.25, 0.3) is 11.5 Å². The van der Waals surface area contributed by atoms with Gasteiger partial charge in [0.05, 0.1) is 10.6 Å². The topological polar surface area (TPSA) is 64.8 Å². The number of rotatable bonds is 6. The highest BCUT2D eigenvalue weighted by Crippen LogP contribution is 2.16. The summed E-state index contributed by atoms with van der Waals surface area (Å²) in [5.41, 5.74) is 1.83. The summed E-state index contributed by atoms with van der Waals surface area (Å²) < 4.78 is 26.7. The molecule has 0 atom stereocenters. The van der Waals surface area contributed by atoms with Crippen molar-refractivity contribution < 1.29 is 8.42 Å². The van der Waals surface area contributed by atoms with Crippen LogP contribution < -0.4 is 0 Å². The van der Waals surface area contributed by atoms with E-state index in [-0.39, 0.29) is 5.75 Å². The lowest BCUT2D eigenvalue weighted by molar-refractivity contribution is 0.587. The summed E-state index contributed by atoms with van der Waals surface area (Å²) >= 11 is 0. The lowest BCUT2D eigenvalue weighted by Gasteiger charge is -2.08. The third-order valence-corrected chi connectivity index (χ3v) is 5.62. The molecule has 0 saturated heterocycles. The minimum Gasteiger partial charge on any atom is -0.330 e. The molecule has 0 saturated carbocycles. The van der Waals surface area contributed by atoms with Crippen LogP contribution in [-0.2, 0) is 16.4 Å². The van der Waals surface area contributed by atoms with Crippen molar-refractivity contribution in [1.82, 2.24) is 14.5 Å². The van der Waals surface area contributed by atoms with E-state index in [1.165, 1.54) is 0 Å². The van der Waals surface area contributed by atoms with Crippen molar-refractivity contribution >= 4 is 9.84 Å². The number of pyridine rings is 1. The molecule has 0 N–H and O–H groups in total. The number of aryl methyl sites for hydroxylation is 2. The van der Waals surface area contributed by atoms with Crippen LogP contribution in [0.3, 0.4) is 0 Å². The van der Waals surface area contributed by atoms with Crippen LogP contribution >= 0.6 is 0 Å². The van der Waals surface area contributed by atoms with E-state index < -0.39 is 9.84 Å². The smallest absolute Gasteiger partial charge is 0.178 e. The highest BCUT2D eigenvalue weighted by molar-refractivity contribution is 7.91. The fourth-order valence-electron chi connectivity index (χ4n) is 2.51. The number of imidazole rings is 1. The van der Waals surface area contributed by atoms with Gasteiger partial charge in [-0.15, -0.1) is 0 Å². The lowest BCUT2D eigenvalue weighted by atomic mass is 10.2. The highest BCUT2D eigenvalue weighted by Gasteiger charge is 2.14. The molecular weight excluding hydrogens is 322 g/mol. The minimum atomic E-state index is -3.26. The standard InChI is InChI=1S/C18H19N3O2S/c1-15-6-8-16(9-7-15)24(22,23)14-4-12-21-13-11-20-18(21)17-5-2-3-10-19-17/h2-3,5-11,13H,4,12,14H2,1H3. The second-order valence-electron chi connectivity index (χ2n) is 5.64. The zero-order valence-corrected chi connectivity index (χ0v) is 14.3. The van der Waals surface area contributed by atoms with E-state index in [1.54, 1.807) is 24.5 Å². The number of aromatic nitrogens is 3. The number of benzene rings is 1. The van der Waals surface area contributed by atoms with Crippen LogP contribution in [-0.4, -0.2) is 28.7 Å². The molecule has 0 bridgehead atoms. The Balaban J connectivity index is 1.67. The molecule has 24 heavy (non-hydrogen) atoms. The Bertz CT molecular complexity index is 901. The first-order valence-corrected chi connectivity index (χ1v) is 9.43. The number of hydrogen-bond donors (Lipinski definition) is 0. The molecule has 3 rings (SSSR count). The van der Waals surface area contributed by atoms with Crippen molar-refractivity contribution in [2.45, 2.75) is 24.8 Å². The maximum Gasteiger partial charge on any atom is 0.178 e. The molecule has 0 aliphatic carbocycles. The van der Waals surface area contributed by atoms with E-state index in [2.05, 4.69) is 9.97 Å². The maximum atomic E-state index is 12.4. The van der Waals surface area contributed by atoms with Crippen LogP contribution in [0.5, 0.6) is 0 Å². The van der Waals surface area contributed by atoms with E-state index in [0.29, 0.717) is 17.9 Å². The summed E-state index contributed by atoms with van der Waals surface area (Å²) in [6.45, 7) is 2.52. The first-order chi connectivity index (χ1) is 11.6. The van der Waals surface area contributed by atoms with Gasteiger partial charge in [-0.3, -0.25) is 4.98 Å². The summed E-state index contributed by atoms with van der Waals surface area (Å²) in [6, 6.07) is 12.6. The Morgan fingerprint density at radius 1 is 1.00 bits per heavy atom. The van der Waals surface area contributed by atoms with E-state index >= 15 is 0 Å². The van der Waals surface area contributed by atoms with Gasteiger partial charge in [0, 0.05) is 25.1 Å². The third-order valence-electron chi connectivity index (χ3n) is 3.80. The van der Waals surface area contributed by atoms with Gasteiger partial charge in [-0.2, -0.15) is 0 Å². The Morgan fingerprint density at radius 2 is 1.79 bits per heavy atom. The Labute approximate surface area is 141 Å². The second-order valence-corrected chi connectivity index (χ2v) is 7.75. The van der Waals surface area contributed by atoms with Crippen molar-refractivity contribution in [3.05, 3.63) is 66.6 Å². The summed E-state index contributed by atoms with van der Waals surface area (Å²) in [6.07, 6.45) is 5.80. The van der Waals surface area contributed by atoms with Gasteiger partial charge in [-0.25, -0.2) is 13.4 Å². The molecule has 0 radical (unpaired) electrons. The molecule has 0 aliphatic heterocycles. The molecule has 2 aromatic heterocycles. The zero-order chi connectivity index (χ0) is 17.0. The van der Waals surface area contributed by atoms with Crippen molar-refractivity contribution in [3.8, 4) is 11.5 Å². The van der Waals surface area contributed by atoms with Gasteiger partial charge >= 0.3 is 0 Å². The maximum absolute atomic E-state index is 12.4. The van der Waals surface area contributed by atoms with Crippen LogP contribution in [0, 0.1) is 6.92 Å². The molecule has 124 valence electrons. The summed E-state index contributed by atoms with van der Waals surface area (Å²) in [7, 11) is -3.26. The molecule has 0 unspecified atom stereocenters. The first-order valence-electron chi connectivity index (χ1n) is 7.78. The minimum absolute atomic E-state index is 0.107. The van der Waals surface area contributed by atoms with Gasteiger partial charge in [0.2, 0.25) is 0 Å². The van der Waals surface area contributed by atoms with E-state index in [9.17, 15) is 8.42 Å². The zero-order valence-electron chi connectivity index (χ0n) is 13.5. The van der Waals surface area contributed by atoms with E-state index in [0.717, 1.165) is 17.1 Å². The Morgan fingerprint density at radius 3 is 2.50 bits per heavy atom. The van der Waals surface area contributed by atoms with Crippen LogP contribution in [0.4, 0.5) is 0 Å². The molecule has 6 heteroatoms. The normalized spacial score (nSPS) is 11.5. The Kier molecular flexibility index (Phi) is 4.76. The molecule has 0 amide bonds. The fraction of sp³-hybridized carbons (Fsp3) is 0.222. The molecule has 1 aromatic carbocycles. The second kappa shape index (κ2) is 6.97. The van der Waals surface area contributed by atoms with Gasteiger partial charge < -0.3 is 4.57 Å². The first kappa shape index (κ1) is 16.4. The van der Waals surface area contributed by atoms with Crippen molar-refractivity contribution in [2.24, 2.45) is 0 Å². The van der Waals surface area contributed by atoms with E-state index in [4.69, 9.17) is 0 Å². The van der Waals surface area contributed by atoms with Gasteiger partial charge in [0.25, 0.3) is 0 Å². The predicted octanol–water partition coefficient (Wildman–Crippen LogP) is 3.12. The lowest BCUT2D eigenvalue weighted by Crippen LogP contribution is -2.10. The van der Waals surface area contributed by atoms with Crippen molar-refractivity contribution in [2.75, 3.05) is 5.75 Å². The quantitative estimate of drug-likeness (QED) is 0.691. The summed E-state index contributed by atoms with van der Waals surface area (Å²) in [4.78, 5) is 8.99. The summed E-state index contributed by atoms with van der Waals surface area (Å²) in [5, 5.41) is 0. The third kappa shape index (κ3) is 3.71. The summed E-state index contributed by atoms with van der Waals surface area (Å²) in [5.74, 6) is 0.860. The molecule has 2 heterocycles. The van der Waals surface area contributed by atoms with Gasteiger partial charge in [0.1, 0.15) is 5.69 Å². The fourth-order valence-corrected chi connectivity index (χ4v) is 3.80. The van der Waals surface area contributed by atoms with Crippen LogP contribution in [0.15, 0.2) is 66.0 Å². The number of hydrogen-bond acceptors (Lipinski definition) is 4. The predicted molar refractivity (Wildman–Crippen MR) is 93.3 cm³/mol. The SMILES string of the molecule is Cc1ccc(S(=O)(=O)CCCn2ccnc2-c2ccccn2)cc1. The molecule has 0 spiro atoms. The van der Waals surface area contributed by atoms with E-state index in [1.807, 2.05) is 48.0 Å². The van der Waals surface area contributed by atoms with Gasteiger partial charge in [0.15, 0.2) is 15.7 Å². The molecule has 3 aromatic rings. The number of nitrogens with zero attached hydrogens (tertiary/aromatic N) is 3. The molecule has 0 aliphatic rings. The molecule has 5 nitrogen and oxygen atoms in total. The van der Waals surface area contributed by atoms with Gasteiger partial charge in [-0.05, 0) is 37.6 Å². The average molecular weight is 341 g/mol. The van der Waals surface area contributed by atoms with Crippen LogP contribution in [0.1, 0.15) is 12.0 Å². The number of sulfone groups is 1. The highest BCUT2D eigenvalue weighted by atomic mass is 32.2. The van der Waals surface area contributed by atoms with Crippen molar-refractivity contribution in [3.63, 3.8) is 0 Å². The van der Waals surface area contributed by atoms with Crippen molar-refractivity contribution in [1.29, 1.82) is 0 Å². The Hall–Kier alpha value is -2.47. The van der Waals surface area contributed by atoms with Gasteiger partial charge in [-0.1, -0.05) is 23.8 Å². The van der Waals surface area contributed by atoms with Crippen LogP contribution in [0.2, 0.25) is 0 Å². The largest absolute Gasteiger partial charge is 0.330 e. The monoisotopic (exact) mass is 341 g/mol.